The Kier molecular flexibility index (Phi) is 4.94. The molecule has 1 N–H and O–H groups in total. The molecule has 1 amide bonds. The van der Waals surface area contributed by atoms with Crippen LogP contribution in [0.15, 0.2) is 42.6 Å². The molecule has 2 unspecified atom stereocenters. The van der Waals surface area contributed by atoms with Gasteiger partial charge in [0.15, 0.2) is 11.5 Å². The molecule has 146 valence electrons. The van der Waals surface area contributed by atoms with E-state index in [2.05, 4.69) is 21.6 Å². The van der Waals surface area contributed by atoms with Crippen LogP contribution in [0.25, 0.3) is 5.65 Å². The maximum Gasteiger partial charge on any atom is 0.231 e. The number of aromatic nitrogens is 2. The van der Waals surface area contributed by atoms with E-state index in [-0.39, 0.29) is 24.7 Å². The van der Waals surface area contributed by atoms with Crippen molar-refractivity contribution < 1.29 is 14.3 Å². The van der Waals surface area contributed by atoms with Gasteiger partial charge in [0.05, 0.1) is 5.69 Å². The zero-order valence-electron chi connectivity index (χ0n) is 16.4. The molecule has 6 nitrogen and oxygen atoms in total. The van der Waals surface area contributed by atoms with E-state index in [1.807, 2.05) is 56.4 Å². The first-order chi connectivity index (χ1) is 13.6. The minimum Gasteiger partial charge on any atom is -0.454 e. The number of carbonyl (C=O) groups excluding carboxylic acids is 1. The average Bonchev–Trinajstić information content (AvgIpc) is 3.33. The minimum absolute atomic E-state index is 0.0283. The summed E-state index contributed by atoms with van der Waals surface area (Å²) < 4.78 is 13.1. The first-order valence-electron chi connectivity index (χ1n) is 9.68. The number of hydrogen-bond donors (Lipinski definition) is 1. The van der Waals surface area contributed by atoms with Crippen molar-refractivity contribution in [1.29, 1.82) is 0 Å². The van der Waals surface area contributed by atoms with Gasteiger partial charge in [0.1, 0.15) is 5.65 Å². The maximum absolute atomic E-state index is 12.7. The fraction of sp³-hybridized carbons (Fsp3) is 0.364. The molecule has 1 aliphatic rings. The van der Waals surface area contributed by atoms with Crippen LogP contribution in [0.2, 0.25) is 0 Å². The molecule has 3 aromatic rings. The second-order valence-electron chi connectivity index (χ2n) is 7.29. The highest BCUT2D eigenvalue weighted by atomic mass is 16.7. The first-order valence-corrected chi connectivity index (χ1v) is 9.68. The van der Waals surface area contributed by atoms with Crippen LogP contribution in [0.4, 0.5) is 0 Å². The Bertz CT molecular complexity index is 1010. The summed E-state index contributed by atoms with van der Waals surface area (Å²) >= 11 is 0. The highest BCUT2D eigenvalue weighted by Gasteiger charge is 2.25. The van der Waals surface area contributed by atoms with E-state index in [9.17, 15) is 4.79 Å². The molecular weight excluding hydrogens is 354 g/mol. The van der Waals surface area contributed by atoms with Crippen LogP contribution in [0.3, 0.4) is 0 Å². The molecule has 2 atom stereocenters. The lowest BCUT2D eigenvalue weighted by atomic mass is 9.91. The Balaban J connectivity index is 1.76. The van der Waals surface area contributed by atoms with Crippen LogP contribution in [0.5, 0.6) is 11.5 Å². The van der Waals surface area contributed by atoms with E-state index in [1.165, 1.54) is 0 Å². The number of hydrogen-bond acceptors (Lipinski definition) is 4. The van der Waals surface area contributed by atoms with Gasteiger partial charge in [0.25, 0.3) is 0 Å². The summed E-state index contributed by atoms with van der Waals surface area (Å²) in [5.41, 5.74) is 3.96. The zero-order chi connectivity index (χ0) is 19.7. The summed E-state index contributed by atoms with van der Waals surface area (Å²) in [6.45, 7) is 6.36. The molecule has 0 saturated heterocycles. The molecule has 0 fully saturated rings. The number of amides is 1. The molecule has 1 aliphatic heterocycles. The molecule has 0 bridgehead atoms. The molecule has 0 saturated carbocycles. The molecule has 0 aliphatic carbocycles. The van der Waals surface area contributed by atoms with Gasteiger partial charge in [-0.05, 0) is 50.1 Å². The van der Waals surface area contributed by atoms with Gasteiger partial charge in [-0.3, -0.25) is 4.79 Å². The highest BCUT2D eigenvalue weighted by molar-refractivity contribution is 5.78. The standard InChI is InChI=1S/C22H25N3O3/c1-4-14(2)24-22(26)11-17(16-8-9-19-20(10-16)28-13-27-19)18-12-23-21-7-5-6-15(3)25(18)21/h5-10,12,14,17H,4,11,13H2,1-3H3,(H,24,26). The summed E-state index contributed by atoms with van der Waals surface area (Å²) in [7, 11) is 0. The maximum atomic E-state index is 12.7. The Labute approximate surface area is 164 Å². The fourth-order valence-corrected chi connectivity index (χ4v) is 3.62. The van der Waals surface area contributed by atoms with Crippen LogP contribution in [0.1, 0.15) is 49.6 Å². The number of fused-ring (bicyclic) bond motifs is 2. The van der Waals surface area contributed by atoms with Crippen molar-refractivity contribution in [2.75, 3.05) is 6.79 Å². The number of pyridine rings is 1. The molecule has 6 heteroatoms. The molecule has 2 aromatic heterocycles. The molecule has 1 aromatic carbocycles. The second-order valence-corrected chi connectivity index (χ2v) is 7.29. The van der Waals surface area contributed by atoms with E-state index >= 15 is 0 Å². The Morgan fingerprint density at radius 1 is 1.25 bits per heavy atom. The minimum atomic E-state index is -0.144. The Morgan fingerprint density at radius 2 is 2.07 bits per heavy atom. The quantitative estimate of drug-likeness (QED) is 0.707. The van der Waals surface area contributed by atoms with Crippen LogP contribution in [-0.2, 0) is 4.79 Å². The van der Waals surface area contributed by atoms with Gasteiger partial charge in [-0.2, -0.15) is 0 Å². The topological polar surface area (TPSA) is 64.9 Å². The number of carbonyl (C=O) groups is 1. The van der Waals surface area contributed by atoms with Gasteiger partial charge in [-0.25, -0.2) is 4.98 Å². The van der Waals surface area contributed by atoms with E-state index in [0.717, 1.165) is 40.5 Å². The van der Waals surface area contributed by atoms with Crippen LogP contribution in [-0.4, -0.2) is 28.1 Å². The number of nitrogens with zero attached hydrogens (tertiary/aromatic N) is 2. The molecule has 4 rings (SSSR count). The zero-order valence-corrected chi connectivity index (χ0v) is 16.4. The molecule has 0 spiro atoms. The van der Waals surface area contributed by atoms with Crippen molar-refractivity contribution in [1.82, 2.24) is 14.7 Å². The van der Waals surface area contributed by atoms with Gasteiger partial charge in [-0.1, -0.05) is 19.1 Å². The van der Waals surface area contributed by atoms with Gasteiger partial charge < -0.3 is 19.2 Å². The Hall–Kier alpha value is -3.02. The third-order valence-corrected chi connectivity index (χ3v) is 5.32. The monoisotopic (exact) mass is 379 g/mol. The van der Waals surface area contributed by atoms with Gasteiger partial charge in [-0.15, -0.1) is 0 Å². The largest absolute Gasteiger partial charge is 0.454 e. The number of imidazole rings is 1. The summed E-state index contributed by atoms with van der Waals surface area (Å²) in [5, 5.41) is 3.08. The van der Waals surface area contributed by atoms with Crippen LogP contribution in [0, 0.1) is 6.92 Å². The molecule has 0 radical (unpaired) electrons. The summed E-state index contributed by atoms with van der Waals surface area (Å²) in [6, 6.07) is 12.1. The van der Waals surface area contributed by atoms with Gasteiger partial charge in [0, 0.05) is 30.3 Å². The van der Waals surface area contributed by atoms with Crippen LogP contribution < -0.4 is 14.8 Å². The van der Waals surface area contributed by atoms with Crippen molar-refractivity contribution in [2.24, 2.45) is 0 Å². The average molecular weight is 379 g/mol. The molecular formula is C22H25N3O3. The van der Waals surface area contributed by atoms with Crippen molar-refractivity contribution >= 4 is 11.6 Å². The lowest BCUT2D eigenvalue weighted by Gasteiger charge is -2.20. The normalized spacial score (nSPS) is 14.8. The van der Waals surface area contributed by atoms with E-state index in [0.29, 0.717) is 6.42 Å². The fourth-order valence-electron chi connectivity index (χ4n) is 3.62. The van der Waals surface area contributed by atoms with Crippen molar-refractivity contribution in [2.45, 2.75) is 45.6 Å². The van der Waals surface area contributed by atoms with Crippen molar-refractivity contribution in [3.05, 3.63) is 59.5 Å². The number of aryl methyl sites for hydroxylation is 1. The number of rotatable bonds is 6. The molecule has 3 heterocycles. The lowest BCUT2D eigenvalue weighted by molar-refractivity contribution is -0.121. The van der Waals surface area contributed by atoms with Gasteiger partial charge >= 0.3 is 0 Å². The Morgan fingerprint density at radius 3 is 2.89 bits per heavy atom. The third-order valence-electron chi connectivity index (χ3n) is 5.32. The predicted molar refractivity (Wildman–Crippen MR) is 107 cm³/mol. The second kappa shape index (κ2) is 7.54. The summed E-state index contributed by atoms with van der Waals surface area (Å²) in [5.74, 6) is 1.34. The first kappa shape index (κ1) is 18.3. The van der Waals surface area contributed by atoms with Crippen molar-refractivity contribution in [3.8, 4) is 11.5 Å². The van der Waals surface area contributed by atoms with E-state index in [1.54, 1.807) is 0 Å². The van der Waals surface area contributed by atoms with Crippen molar-refractivity contribution in [3.63, 3.8) is 0 Å². The van der Waals surface area contributed by atoms with Gasteiger partial charge in [0.2, 0.25) is 12.7 Å². The van der Waals surface area contributed by atoms with E-state index < -0.39 is 0 Å². The number of nitrogens with one attached hydrogen (secondary N) is 1. The lowest BCUT2D eigenvalue weighted by Crippen LogP contribution is -2.33. The van der Waals surface area contributed by atoms with Crippen LogP contribution >= 0.6 is 0 Å². The smallest absolute Gasteiger partial charge is 0.231 e. The third kappa shape index (κ3) is 3.42. The summed E-state index contributed by atoms with van der Waals surface area (Å²) in [4.78, 5) is 17.3. The number of ether oxygens (including phenoxy) is 2. The SMILES string of the molecule is CCC(C)NC(=O)CC(c1ccc2c(c1)OCO2)c1cnc2cccc(C)n12. The number of benzene rings is 1. The summed E-state index contributed by atoms with van der Waals surface area (Å²) in [6.07, 6.45) is 3.11. The predicted octanol–water partition coefficient (Wildman–Crippen LogP) is 3.81. The molecule has 28 heavy (non-hydrogen) atoms. The van der Waals surface area contributed by atoms with E-state index in [4.69, 9.17) is 9.47 Å². The highest BCUT2D eigenvalue weighted by Crippen LogP contribution is 2.38.